The number of phenols is 1. The van der Waals surface area contributed by atoms with Gasteiger partial charge >= 0.3 is 0 Å². The summed E-state index contributed by atoms with van der Waals surface area (Å²) in [4.78, 5) is 40.4. The van der Waals surface area contributed by atoms with Crippen LogP contribution in [0, 0.1) is 40.4 Å². The van der Waals surface area contributed by atoms with Crippen LogP contribution in [0.1, 0.15) is 89.8 Å². The second kappa shape index (κ2) is 9.34. The lowest BCUT2D eigenvalue weighted by atomic mass is 9.43. The first-order valence-electron chi connectivity index (χ1n) is 14.3. The number of aromatic hydroxyl groups is 1. The lowest BCUT2D eigenvalue weighted by Gasteiger charge is -2.59. The zero-order valence-corrected chi connectivity index (χ0v) is 23.9. The van der Waals surface area contributed by atoms with Crippen LogP contribution in [0.2, 0.25) is 0 Å². The molecule has 0 spiro atoms. The molecule has 7 nitrogen and oxygen atoms in total. The second-order valence-corrected chi connectivity index (χ2v) is 13.1. The Morgan fingerprint density at radius 1 is 1.05 bits per heavy atom. The molecule has 1 aromatic carbocycles. The van der Waals surface area contributed by atoms with E-state index in [0.29, 0.717) is 11.1 Å². The number of aliphatic hydroxyl groups excluding tert-OH is 2. The molecule has 0 saturated heterocycles. The van der Waals surface area contributed by atoms with Gasteiger partial charge in [-0.25, -0.2) is 0 Å². The quantitative estimate of drug-likeness (QED) is 0.299. The highest BCUT2D eigenvalue weighted by atomic mass is 16.3. The number of phenolic OH excluding ortho intramolecular Hbond substituents is 1. The van der Waals surface area contributed by atoms with Gasteiger partial charge in [0.05, 0.1) is 5.56 Å². The van der Waals surface area contributed by atoms with Crippen LogP contribution in [0.5, 0.6) is 5.75 Å². The number of fused-ring (bicyclic) bond motifs is 3. The highest BCUT2D eigenvalue weighted by Crippen LogP contribution is 2.65. The monoisotopic (exact) mass is 546 g/mol. The van der Waals surface area contributed by atoms with Gasteiger partial charge in [-0.05, 0) is 56.2 Å². The Labute approximate surface area is 235 Å². The first kappa shape index (κ1) is 28.2. The van der Waals surface area contributed by atoms with Gasteiger partial charge < -0.3 is 20.4 Å². The molecule has 0 amide bonds. The summed E-state index contributed by atoms with van der Waals surface area (Å²) in [6.45, 7) is 8.11. The molecule has 1 unspecified atom stereocenters. The maximum absolute atomic E-state index is 14.3. The number of carbonyl (C=O) groups is 3. The third kappa shape index (κ3) is 3.72. The van der Waals surface area contributed by atoms with Crippen molar-refractivity contribution in [3.8, 4) is 17.6 Å². The van der Waals surface area contributed by atoms with E-state index < -0.39 is 56.8 Å². The van der Waals surface area contributed by atoms with Crippen molar-refractivity contribution in [1.82, 2.24) is 0 Å². The molecule has 0 radical (unpaired) electrons. The van der Waals surface area contributed by atoms with E-state index in [2.05, 4.69) is 11.8 Å². The first-order valence-corrected chi connectivity index (χ1v) is 14.3. The summed E-state index contributed by atoms with van der Waals surface area (Å²) in [7, 11) is 0. The summed E-state index contributed by atoms with van der Waals surface area (Å²) >= 11 is 0. The molecule has 0 bridgehead atoms. The van der Waals surface area contributed by atoms with Gasteiger partial charge in [0.2, 0.25) is 5.78 Å². The summed E-state index contributed by atoms with van der Waals surface area (Å²) in [6, 6.07) is 3.16. The van der Waals surface area contributed by atoms with Crippen molar-refractivity contribution in [1.29, 1.82) is 0 Å². The molecule has 4 aliphatic carbocycles. The minimum Gasteiger partial charge on any atom is -0.508 e. The Morgan fingerprint density at radius 2 is 1.70 bits per heavy atom. The molecular weight excluding hydrogens is 508 g/mol. The average Bonchev–Trinajstić information content (AvgIpc) is 2.86. The fourth-order valence-corrected chi connectivity index (χ4v) is 8.26. The molecule has 4 aliphatic rings. The molecule has 4 atom stereocenters. The Hall–Kier alpha value is -3.37. The predicted molar refractivity (Wildman–Crippen MR) is 149 cm³/mol. The SMILES string of the molecule is CC(=O)C1=C(O)[C@]2(O)C(=O)C3=C(O)c4c(O)ccc(C#CC5CCCCC5)c4C[C@]3(C)C[C@]2(C)C(C(C)C)C1=O. The van der Waals surface area contributed by atoms with E-state index in [1.165, 1.54) is 12.5 Å². The average molecular weight is 547 g/mol. The number of benzene rings is 1. The maximum Gasteiger partial charge on any atom is 0.203 e. The van der Waals surface area contributed by atoms with Crippen LogP contribution in [-0.4, -0.2) is 43.4 Å². The number of allylic oxidation sites excluding steroid dienone is 1. The predicted octanol–water partition coefficient (Wildman–Crippen LogP) is 5.12. The van der Waals surface area contributed by atoms with Crippen molar-refractivity contribution < 1.29 is 34.8 Å². The molecule has 5 rings (SSSR count). The van der Waals surface area contributed by atoms with Crippen molar-refractivity contribution in [3.05, 3.63) is 45.7 Å². The summed E-state index contributed by atoms with van der Waals surface area (Å²) in [5.74, 6) is 1.69. The number of Topliss-reactive ketones (excluding diaryl/α,β-unsaturated/α-hetero) is 3. The molecule has 7 heteroatoms. The standard InChI is InChI=1S/C33H38O7/c1-17(2)25-27(36)23(18(3)34)29(38)33(40)30(39)26-28(37)24-21(15-31(26,4)16-32(25,33)5)20(13-14-22(24)35)12-11-19-9-7-6-8-10-19/h13-14,17,19,25,35,37-38,40H,6-10,15-16H2,1-5H3/t25?,31-,32-,33+/m1/s1. The number of rotatable bonds is 2. The van der Waals surface area contributed by atoms with E-state index in [0.717, 1.165) is 32.6 Å². The highest BCUT2D eigenvalue weighted by molar-refractivity contribution is 6.24. The lowest BCUT2D eigenvalue weighted by molar-refractivity contribution is -0.178. The number of hydrogen-bond acceptors (Lipinski definition) is 7. The molecule has 212 valence electrons. The number of carbonyl (C=O) groups excluding carboxylic acids is 3. The first-order chi connectivity index (χ1) is 18.7. The van der Waals surface area contributed by atoms with Gasteiger partial charge in [-0.15, -0.1) is 0 Å². The molecule has 0 aliphatic heterocycles. The fraction of sp³-hybridized carbons (Fsp3) is 0.545. The molecule has 4 N–H and O–H groups in total. The van der Waals surface area contributed by atoms with Crippen molar-refractivity contribution in [3.63, 3.8) is 0 Å². The van der Waals surface area contributed by atoms with Crippen LogP contribution in [0.25, 0.3) is 5.76 Å². The minimum absolute atomic E-state index is 0.0655. The second-order valence-electron chi connectivity index (χ2n) is 13.1. The van der Waals surface area contributed by atoms with E-state index in [9.17, 15) is 34.8 Å². The summed E-state index contributed by atoms with van der Waals surface area (Å²) in [5.41, 5.74) is -4.47. The van der Waals surface area contributed by atoms with Gasteiger partial charge in [0, 0.05) is 33.8 Å². The van der Waals surface area contributed by atoms with Gasteiger partial charge in [-0.1, -0.05) is 58.8 Å². The van der Waals surface area contributed by atoms with Crippen LogP contribution < -0.4 is 0 Å². The van der Waals surface area contributed by atoms with Crippen molar-refractivity contribution in [2.45, 2.75) is 85.2 Å². The molecule has 2 saturated carbocycles. The Balaban J connectivity index is 1.74. The Kier molecular flexibility index (Phi) is 6.58. The molecule has 1 aromatic rings. The van der Waals surface area contributed by atoms with E-state index in [1.54, 1.807) is 33.8 Å². The number of hydrogen-bond donors (Lipinski definition) is 4. The molecular formula is C33H38O7. The van der Waals surface area contributed by atoms with Crippen molar-refractivity contribution in [2.75, 3.05) is 0 Å². The topological polar surface area (TPSA) is 132 Å². The largest absolute Gasteiger partial charge is 0.508 e. The van der Waals surface area contributed by atoms with E-state index in [-0.39, 0.29) is 41.6 Å². The van der Waals surface area contributed by atoms with Gasteiger partial charge in [-0.2, -0.15) is 0 Å². The van der Waals surface area contributed by atoms with Crippen LogP contribution in [0.4, 0.5) is 0 Å². The number of aliphatic hydroxyl groups is 3. The molecule has 0 aromatic heterocycles. The zero-order chi connectivity index (χ0) is 29.4. The lowest BCUT2D eigenvalue weighted by Crippen LogP contribution is -2.69. The molecule has 40 heavy (non-hydrogen) atoms. The Morgan fingerprint density at radius 3 is 2.30 bits per heavy atom. The Bertz CT molecular complexity index is 1460. The smallest absolute Gasteiger partial charge is 0.203 e. The normalized spacial score (nSPS) is 32.3. The van der Waals surface area contributed by atoms with Gasteiger partial charge in [0.25, 0.3) is 0 Å². The van der Waals surface area contributed by atoms with E-state index >= 15 is 0 Å². The van der Waals surface area contributed by atoms with Crippen LogP contribution >= 0.6 is 0 Å². The third-order valence-corrected chi connectivity index (χ3v) is 9.90. The summed E-state index contributed by atoms with van der Waals surface area (Å²) in [6.07, 6.45) is 5.87. The van der Waals surface area contributed by atoms with Gasteiger partial charge in [-0.3, -0.25) is 14.4 Å². The van der Waals surface area contributed by atoms with Crippen LogP contribution in [0.15, 0.2) is 29.0 Å². The van der Waals surface area contributed by atoms with Gasteiger partial charge in [0.1, 0.15) is 22.8 Å². The van der Waals surface area contributed by atoms with Crippen LogP contribution in [0.3, 0.4) is 0 Å². The van der Waals surface area contributed by atoms with E-state index in [1.807, 2.05) is 0 Å². The third-order valence-electron chi connectivity index (χ3n) is 9.90. The summed E-state index contributed by atoms with van der Waals surface area (Å²) < 4.78 is 0. The molecule has 0 heterocycles. The van der Waals surface area contributed by atoms with Gasteiger partial charge in [0.15, 0.2) is 17.2 Å². The number of ketones is 3. The maximum atomic E-state index is 14.3. The minimum atomic E-state index is -2.61. The van der Waals surface area contributed by atoms with Crippen molar-refractivity contribution >= 4 is 23.1 Å². The van der Waals surface area contributed by atoms with Crippen LogP contribution in [-0.2, 0) is 20.8 Å². The van der Waals surface area contributed by atoms with Crippen molar-refractivity contribution in [2.24, 2.45) is 28.6 Å². The summed E-state index contributed by atoms with van der Waals surface area (Å²) in [5, 5.41) is 45.8. The fourth-order valence-electron chi connectivity index (χ4n) is 8.26. The zero-order valence-electron chi connectivity index (χ0n) is 23.9. The highest BCUT2D eigenvalue weighted by Gasteiger charge is 2.72. The van der Waals surface area contributed by atoms with E-state index in [4.69, 9.17) is 0 Å². The molecule has 2 fully saturated rings.